The van der Waals surface area contributed by atoms with Crippen LogP contribution in [0.25, 0.3) is 0 Å². The smallest absolute Gasteiger partial charge is 0.405 e. The fourth-order valence-electron chi connectivity index (χ4n) is 1.42. The minimum absolute atomic E-state index is 0.0581. The fourth-order valence-corrected chi connectivity index (χ4v) is 1.42. The molecule has 5 nitrogen and oxygen atoms in total. The lowest BCUT2D eigenvalue weighted by atomic mass is 10.1. The molecule has 0 radical (unpaired) electrons. The van der Waals surface area contributed by atoms with Crippen LogP contribution in [0.4, 0.5) is 18.0 Å². The van der Waals surface area contributed by atoms with E-state index in [1.165, 1.54) is 0 Å². The van der Waals surface area contributed by atoms with Crippen molar-refractivity contribution in [2.24, 2.45) is 5.92 Å². The maximum Gasteiger partial charge on any atom is 0.405 e. The van der Waals surface area contributed by atoms with E-state index < -0.39 is 30.8 Å². The SMILES string of the molecule is O=C(O)CC(NC(=O)NCC(F)(F)F)C1CC1. The molecular weight excluding hydrogens is 241 g/mol. The summed E-state index contributed by atoms with van der Waals surface area (Å²) in [5.74, 6) is -1.03. The number of carboxylic acid groups (broad SMARTS) is 1. The van der Waals surface area contributed by atoms with Gasteiger partial charge in [0.2, 0.25) is 0 Å². The predicted octanol–water partition coefficient (Wildman–Crippen LogP) is 1.10. The monoisotopic (exact) mass is 254 g/mol. The molecule has 2 amide bonds. The number of alkyl halides is 3. The molecule has 1 aliphatic carbocycles. The summed E-state index contributed by atoms with van der Waals surface area (Å²) in [6, 6.07) is -1.58. The minimum Gasteiger partial charge on any atom is -0.481 e. The van der Waals surface area contributed by atoms with Crippen molar-refractivity contribution in [2.45, 2.75) is 31.5 Å². The molecule has 0 aromatic carbocycles. The van der Waals surface area contributed by atoms with Crippen LogP contribution in [0.5, 0.6) is 0 Å². The molecular formula is C9H13F3N2O3. The number of carboxylic acids is 1. The average molecular weight is 254 g/mol. The lowest BCUT2D eigenvalue weighted by Crippen LogP contribution is -2.46. The van der Waals surface area contributed by atoms with E-state index >= 15 is 0 Å². The molecule has 98 valence electrons. The van der Waals surface area contributed by atoms with Crippen LogP contribution >= 0.6 is 0 Å². The third-order valence-electron chi connectivity index (χ3n) is 2.35. The molecule has 1 rings (SSSR count). The van der Waals surface area contributed by atoms with Crippen LogP contribution in [0.15, 0.2) is 0 Å². The Morgan fingerprint density at radius 3 is 2.35 bits per heavy atom. The van der Waals surface area contributed by atoms with Gasteiger partial charge in [-0.05, 0) is 18.8 Å². The Bertz CT molecular complexity index is 302. The highest BCUT2D eigenvalue weighted by molar-refractivity contribution is 5.75. The summed E-state index contributed by atoms with van der Waals surface area (Å²) in [5, 5.41) is 12.5. The van der Waals surface area contributed by atoms with Crippen LogP contribution in [-0.2, 0) is 4.79 Å². The molecule has 1 fully saturated rings. The second-order valence-electron chi connectivity index (χ2n) is 3.98. The van der Waals surface area contributed by atoms with Gasteiger partial charge in [0.1, 0.15) is 6.54 Å². The number of nitrogens with one attached hydrogen (secondary N) is 2. The zero-order chi connectivity index (χ0) is 13.1. The minimum atomic E-state index is -4.47. The van der Waals surface area contributed by atoms with Crippen molar-refractivity contribution >= 4 is 12.0 Å². The van der Waals surface area contributed by atoms with Gasteiger partial charge in [-0.2, -0.15) is 13.2 Å². The van der Waals surface area contributed by atoms with Crippen molar-refractivity contribution in [3.63, 3.8) is 0 Å². The van der Waals surface area contributed by atoms with E-state index in [-0.39, 0.29) is 12.3 Å². The Morgan fingerprint density at radius 1 is 1.35 bits per heavy atom. The van der Waals surface area contributed by atoms with Crippen molar-refractivity contribution in [1.82, 2.24) is 10.6 Å². The van der Waals surface area contributed by atoms with Gasteiger partial charge in [0.05, 0.1) is 6.42 Å². The molecule has 0 aliphatic heterocycles. The van der Waals surface area contributed by atoms with Gasteiger partial charge in [0.25, 0.3) is 0 Å². The fraction of sp³-hybridized carbons (Fsp3) is 0.778. The van der Waals surface area contributed by atoms with E-state index in [1.807, 2.05) is 0 Å². The van der Waals surface area contributed by atoms with Gasteiger partial charge in [-0.1, -0.05) is 0 Å². The summed E-state index contributed by atoms with van der Waals surface area (Å²) in [6.07, 6.45) is -3.17. The molecule has 0 heterocycles. The standard InChI is InChI=1S/C9H13F3N2O3/c10-9(11,12)4-13-8(17)14-6(3-7(15)16)5-1-2-5/h5-6H,1-4H2,(H,15,16)(H2,13,14,17). The van der Waals surface area contributed by atoms with Crippen LogP contribution in [0, 0.1) is 5.92 Å². The highest BCUT2D eigenvalue weighted by Crippen LogP contribution is 2.33. The molecule has 0 aromatic heterocycles. The maximum atomic E-state index is 11.8. The first kappa shape index (κ1) is 13.6. The van der Waals surface area contributed by atoms with Crippen molar-refractivity contribution in [3.8, 4) is 0 Å². The lowest BCUT2D eigenvalue weighted by molar-refractivity contribution is -0.137. The van der Waals surface area contributed by atoms with E-state index in [0.29, 0.717) is 0 Å². The number of rotatable bonds is 5. The topological polar surface area (TPSA) is 78.4 Å². The van der Waals surface area contributed by atoms with Crippen LogP contribution in [0.2, 0.25) is 0 Å². The van der Waals surface area contributed by atoms with Crippen LogP contribution in [-0.4, -0.2) is 35.9 Å². The van der Waals surface area contributed by atoms with E-state index in [0.717, 1.165) is 12.8 Å². The summed E-state index contributed by atoms with van der Waals surface area (Å²) in [4.78, 5) is 21.6. The van der Waals surface area contributed by atoms with Gasteiger partial charge in [-0.15, -0.1) is 0 Å². The van der Waals surface area contributed by atoms with Crippen molar-refractivity contribution < 1.29 is 27.9 Å². The third-order valence-corrected chi connectivity index (χ3v) is 2.35. The normalized spacial score (nSPS) is 17.4. The van der Waals surface area contributed by atoms with Gasteiger partial charge >= 0.3 is 18.2 Å². The molecule has 1 saturated carbocycles. The number of urea groups is 1. The van der Waals surface area contributed by atoms with E-state index in [9.17, 15) is 22.8 Å². The molecule has 0 saturated heterocycles. The van der Waals surface area contributed by atoms with Crippen LogP contribution in [0.3, 0.4) is 0 Å². The first-order valence-corrected chi connectivity index (χ1v) is 5.11. The van der Waals surface area contributed by atoms with E-state index in [4.69, 9.17) is 5.11 Å². The molecule has 0 bridgehead atoms. The molecule has 17 heavy (non-hydrogen) atoms. The van der Waals surface area contributed by atoms with Gasteiger partial charge in [-0.3, -0.25) is 4.79 Å². The van der Waals surface area contributed by atoms with Crippen molar-refractivity contribution in [2.75, 3.05) is 6.54 Å². The predicted molar refractivity (Wildman–Crippen MR) is 51.4 cm³/mol. The summed E-state index contributed by atoms with van der Waals surface area (Å²) in [7, 11) is 0. The van der Waals surface area contributed by atoms with Gasteiger partial charge in [0.15, 0.2) is 0 Å². The number of halogens is 3. The summed E-state index contributed by atoms with van der Waals surface area (Å²) in [6.45, 7) is -1.43. The number of carbonyl (C=O) groups is 2. The number of carbonyl (C=O) groups excluding carboxylic acids is 1. The first-order valence-electron chi connectivity index (χ1n) is 5.11. The number of aliphatic carboxylic acids is 1. The Balaban J connectivity index is 2.34. The molecule has 8 heteroatoms. The molecule has 1 atom stereocenters. The lowest BCUT2D eigenvalue weighted by Gasteiger charge is -2.17. The van der Waals surface area contributed by atoms with Crippen LogP contribution in [0.1, 0.15) is 19.3 Å². The quantitative estimate of drug-likeness (QED) is 0.687. The molecule has 1 unspecified atom stereocenters. The number of hydrogen-bond donors (Lipinski definition) is 3. The molecule has 0 spiro atoms. The Kier molecular flexibility index (Phi) is 4.19. The average Bonchev–Trinajstić information content (AvgIpc) is 2.94. The van der Waals surface area contributed by atoms with Crippen LogP contribution < -0.4 is 10.6 Å². The van der Waals surface area contributed by atoms with Gasteiger partial charge < -0.3 is 15.7 Å². The second-order valence-corrected chi connectivity index (χ2v) is 3.98. The second kappa shape index (κ2) is 5.24. The Morgan fingerprint density at radius 2 is 1.94 bits per heavy atom. The zero-order valence-electron chi connectivity index (χ0n) is 8.88. The number of hydrogen-bond acceptors (Lipinski definition) is 2. The highest BCUT2D eigenvalue weighted by atomic mass is 19.4. The van der Waals surface area contributed by atoms with Gasteiger partial charge in [-0.25, -0.2) is 4.79 Å². The van der Waals surface area contributed by atoms with E-state index in [1.54, 1.807) is 5.32 Å². The largest absolute Gasteiger partial charge is 0.481 e. The van der Waals surface area contributed by atoms with E-state index in [2.05, 4.69) is 5.32 Å². The summed E-state index contributed by atoms with van der Waals surface area (Å²) in [5.41, 5.74) is 0. The highest BCUT2D eigenvalue weighted by Gasteiger charge is 2.34. The maximum absolute atomic E-state index is 11.8. The van der Waals surface area contributed by atoms with Crippen molar-refractivity contribution in [1.29, 1.82) is 0 Å². The zero-order valence-corrected chi connectivity index (χ0v) is 8.88. The molecule has 3 N–H and O–H groups in total. The molecule has 1 aliphatic rings. The van der Waals surface area contributed by atoms with Crippen molar-refractivity contribution in [3.05, 3.63) is 0 Å². The molecule has 0 aromatic rings. The summed E-state index contributed by atoms with van der Waals surface area (Å²) < 4.78 is 35.4. The number of amides is 2. The Hall–Kier alpha value is -1.47. The van der Waals surface area contributed by atoms with Gasteiger partial charge in [0, 0.05) is 6.04 Å². The first-order chi connectivity index (χ1) is 7.78. The third kappa shape index (κ3) is 5.98. The Labute approximate surface area is 95.4 Å². The summed E-state index contributed by atoms with van der Waals surface area (Å²) >= 11 is 0.